The van der Waals surface area contributed by atoms with E-state index in [1.54, 1.807) is 16.8 Å². The molecular formula is C23H16N4O. The summed E-state index contributed by atoms with van der Waals surface area (Å²) in [4.78, 5) is 22.6. The molecule has 5 aromatic rings. The Morgan fingerprint density at radius 2 is 1.43 bits per heavy atom. The molecule has 0 aliphatic carbocycles. The van der Waals surface area contributed by atoms with E-state index in [1.165, 1.54) is 0 Å². The fourth-order valence-corrected chi connectivity index (χ4v) is 3.24. The van der Waals surface area contributed by atoms with Crippen LogP contribution in [0.3, 0.4) is 0 Å². The number of carbonyl (C=O) groups excluding carboxylic acids is 1. The molecule has 0 aliphatic rings. The van der Waals surface area contributed by atoms with Crippen LogP contribution in [0, 0.1) is 6.92 Å². The molecule has 0 saturated carbocycles. The highest BCUT2D eigenvalue weighted by molar-refractivity contribution is 6.14. The highest BCUT2D eigenvalue weighted by atomic mass is 16.1. The summed E-state index contributed by atoms with van der Waals surface area (Å²) in [5.41, 5.74) is 5.45. The molecule has 5 nitrogen and oxygen atoms in total. The lowest BCUT2D eigenvalue weighted by Gasteiger charge is -2.03. The summed E-state index contributed by atoms with van der Waals surface area (Å²) in [5.74, 6) is -0.166. The van der Waals surface area contributed by atoms with Crippen molar-refractivity contribution in [2.75, 3.05) is 0 Å². The average Bonchev–Trinajstić information content (AvgIpc) is 3.11. The normalized spacial score (nSPS) is 11.2. The van der Waals surface area contributed by atoms with Crippen molar-refractivity contribution in [2.45, 2.75) is 6.92 Å². The number of aryl methyl sites for hydroxylation is 1. The summed E-state index contributed by atoms with van der Waals surface area (Å²) in [7, 11) is 0. The van der Waals surface area contributed by atoms with E-state index in [2.05, 4.69) is 5.10 Å². The smallest absolute Gasteiger partial charge is 0.215 e. The van der Waals surface area contributed by atoms with Gasteiger partial charge in [0.05, 0.1) is 16.7 Å². The fraction of sp³-hybridized carbons (Fsp3) is 0.0435. The first kappa shape index (κ1) is 16.3. The van der Waals surface area contributed by atoms with Crippen LogP contribution in [-0.2, 0) is 0 Å². The van der Waals surface area contributed by atoms with Gasteiger partial charge in [-0.1, -0.05) is 60.2 Å². The van der Waals surface area contributed by atoms with Gasteiger partial charge in [0.2, 0.25) is 5.78 Å². The molecule has 0 N–H and O–H groups in total. The van der Waals surface area contributed by atoms with Crippen LogP contribution < -0.4 is 0 Å². The van der Waals surface area contributed by atoms with Crippen molar-refractivity contribution in [2.24, 2.45) is 0 Å². The number of hydrogen-bond acceptors (Lipinski definition) is 4. The number of carbonyl (C=O) groups is 1. The van der Waals surface area contributed by atoms with Gasteiger partial charge in [0.25, 0.3) is 0 Å². The predicted octanol–water partition coefficient (Wildman–Crippen LogP) is 4.51. The van der Waals surface area contributed by atoms with Gasteiger partial charge in [-0.25, -0.2) is 14.6 Å². The third-order valence-corrected chi connectivity index (χ3v) is 4.71. The number of para-hydroxylation sites is 2. The highest BCUT2D eigenvalue weighted by Crippen LogP contribution is 2.24. The van der Waals surface area contributed by atoms with Gasteiger partial charge in [0.15, 0.2) is 11.3 Å². The van der Waals surface area contributed by atoms with Gasteiger partial charge in [-0.3, -0.25) is 4.79 Å². The standard InChI is InChI=1S/C23H16N4O/c1-15-11-13-17(14-12-15)27-23-21(24-18-9-5-6-10-19(18)25-23)20(26-27)22(28)16-7-3-2-4-8-16/h2-14H,1H3. The number of ketones is 1. The van der Waals surface area contributed by atoms with Crippen molar-refractivity contribution < 1.29 is 4.79 Å². The molecule has 28 heavy (non-hydrogen) atoms. The number of rotatable bonds is 3. The van der Waals surface area contributed by atoms with Crippen LogP contribution in [0.2, 0.25) is 0 Å². The van der Waals surface area contributed by atoms with Crippen LogP contribution in [0.1, 0.15) is 21.6 Å². The number of hydrogen-bond donors (Lipinski definition) is 0. The van der Waals surface area contributed by atoms with E-state index in [9.17, 15) is 4.79 Å². The molecule has 3 aromatic carbocycles. The molecule has 0 bridgehead atoms. The number of benzene rings is 3. The van der Waals surface area contributed by atoms with E-state index >= 15 is 0 Å². The Balaban J connectivity index is 1.81. The van der Waals surface area contributed by atoms with Gasteiger partial charge >= 0.3 is 0 Å². The summed E-state index contributed by atoms with van der Waals surface area (Å²) in [6, 6.07) is 24.7. The molecule has 0 saturated heterocycles. The summed E-state index contributed by atoms with van der Waals surface area (Å²) in [5, 5.41) is 4.63. The number of nitrogens with zero attached hydrogens (tertiary/aromatic N) is 4. The Morgan fingerprint density at radius 1 is 0.786 bits per heavy atom. The maximum absolute atomic E-state index is 13.2. The topological polar surface area (TPSA) is 60.7 Å². The van der Waals surface area contributed by atoms with Crippen LogP contribution in [0.4, 0.5) is 0 Å². The molecule has 0 spiro atoms. The van der Waals surface area contributed by atoms with Crippen molar-refractivity contribution in [3.8, 4) is 5.69 Å². The van der Waals surface area contributed by atoms with Crippen molar-refractivity contribution in [3.63, 3.8) is 0 Å². The predicted molar refractivity (Wildman–Crippen MR) is 109 cm³/mol. The SMILES string of the molecule is Cc1ccc(-n2nc(C(=O)c3ccccc3)c3nc4ccccc4nc32)cc1. The second-order valence-corrected chi connectivity index (χ2v) is 6.68. The summed E-state index contributed by atoms with van der Waals surface area (Å²) < 4.78 is 1.70. The van der Waals surface area contributed by atoms with E-state index in [0.29, 0.717) is 22.4 Å². The van der Waals surface area contributed by atoms with E-state index in [-0.39, 0.29) is 5.78 Å². The third-order valence-electron chi connectivity index (χ3n) is 4.71. The van der Waals surface area contributed by atoms with Gasteiger partial charge in [-0.15, -0.1) is 0 Å². The van der Waals surface area contributed by atoms with Gasteiger partial charge in [0, 0.05) is 5.56 Å². The lowest BCUT2D eigenvalue weighted by atomic mass is 10.1. The van der Waals surface area contributed by atoms with Gasteiger partial charge in [0.1, 0.15) is 5.52 Å². The Labute approximate surface area is 161 Å². The van der Waals surface area contributed by atoms with Gasteiger partial charge in [-0.2, -0.15) is 5.10 Å². The monoisotopic (exact) mass is 364 g/mol. The molecule has 0 aliphatic heterocycles. The number of aromatic nitrogens is 4. The largest absolute Gasteiger partial charge is 0.287 e. The Bertz CT molecular complexity index is 1320. The van der Waals surface area contributed by atoms with E-state index in [1.807, 2.05) is 73.7 Å². The summed E-state index contributed by atoms with van der Waals surface area (Å²) in [6.07, 6.45) is 0. The second kappa shape index (κ2) is 6.39. The first-order valence-corrected chi connectivity index (χ1v) is 9.03. The average molecular weight is 364 g/mol. The molecule has 2 heterocycles. The van der Waals surface area contributed by atoms with Crippen LogP contribution in [0.15, 0.2) is 78.9 Å². The van der Waals surface area contributed by atoms with E-state index < -0.39 is 0 Å². The zero-order valence-corrected chi connectivity index (χ0v) is 15.2. The minimum Gasteiger partial charge on any atom is -0.287 e. The van der Waals surface area contributed by atoms with Crippen LogP contribution in [0.25, 0.3) is 27.9 Å². The van der Waals surface area contributed by atoms with Crippen molar-refractivity contribution in [1.29, 1.82) is 0 Å². The summed E-state index contributed by atoms with van der Waals surface area (Å²) in [6.45, 7) is 2.03. The molecule has 0 fully saturated rings. The van der Waals surface area contributed by atoms with Crippen LogP contribution in [-0.4, -0.2) is 25.5 Å². The lowest BCUT2D eigenvalue weighted by molar-refractivity contribution is 0.103. The third kappa shape index (κ3) is 2.65. The quantitative estimate of drug-likeness (QED) is 0.442. The second-order valence-electron chi connectivity index (χ2n) is 6.68. The van der Waals surface area contributed by atoms with Gasteiger partial charge < -0.3 is 0 Å². The molecule has 0 radical (unpaired) electrons. The van der Waals surface area contributed by atoms with Gasteiger partial charge in [-0.05, 0) is 31.2 Å². The van der Waals surface area contributed by atoms with Crippen LogP contribution in [0.5, 0.6) is 0 Å². The van der Waals surface area contributed by atoms with Crippen molar-refractivity contribution in [1.82, 2.24) is 19.7 Å². The Morgan fingerprint density at radius 3 is 2.14 bits per heavy atom. The maximum atomic E-state index is 13.2. The molecule has 2 aromatic heterocycles. The van der Waals surface area contributed by atoms with Crippen LogP contribution >= 0.6 is 0 Å². The molecule has 134 valence electrons. The number of fused-ring (bicyclic) bond motifs is 2. The Kier molecular flexibility index (Phi) is 3.72. The molecular weight excluding hydrogens is 348 g/mol. The molecule has 5 rings (SSSR count). The van der Waals surface area contributed by atoms with Crippen molar-refractivity contribution >= 4 is 28.0 Å². The fourth-order valence-electron chi connectivity index (χ4n) is 3.24. The van der Waals surface area contributed by atoms with E-state index in [4.69, 9.17) is 9.97 Å². The minimum absolute atomic E-state index is 0.166. The zero-order chi connectivity index (χ0) is 19.1. The highest BCUT2D eigenvalue weighted by Gasteiger charge is 2.22. The molecule has 0 unspecified atom stereocenters. The lowest BCUT2D eigenvalue weighted by Crippen LogP contribution is -2.04. The Hall–Kier alpha value is -3.86. The first-order chi connectivity index (χ1) is 13.7. The maximum Gasteiger partial charge on any atom is 0.215 e. The van der Waals surface area contributed by atoms with E-state index in [0.717, 1.165) is 22.3 Å². The minimum atomic E-state index is -0.166. The first-order valence-electron chi connectivity index (χ1n) is 9.03. The molecule has 0 amide bonds. The molecule has 5 heteroatoms. The zero-order valence-electron chi connectivity index (χ0n) is 15.2. The molecule has 0 atom stereocenters. The summed E-state index contributed by atoms with van der Waals surface area (Å²) >= 11 is 0. The van der Waals surface area contributed by atoms with Crippen molar-refractivity contribution in [3.05, 3.63) is 95.7 Å².